The third kappa shape index (κ3) is 4.53. The van der Waals surface area contributed by atoms with Crippen molar-refractivity contribution in [2.45, 2.75) is 0 Å². The van der Waals surface area contributed by atoms with Crippen LogP contribution < -0.4 is 10.6 Å². The van der Waals surface area contributed by atoms with E-state index >= 15 is 0 Å². The zero-order valence-corrected chi connectivity index (χ0v) is 16.3. The maximum absolute atomic E-state index is 12.5. The average molecular weight is 419 g/mol. The molecule has 148 valence electrons. The van der Waals surface area contributed by atoms with E-state index in [2.05, 4.69) is 20.8 Å². The number of benzene rings is 3. The van der Waals surface area contributed by atoms with Crippen molar-refractivity contribution in [3.63, 3.8) is 0 Å². The summed E-state index contributed by atoms with van der Waals surface area (Å²) in [5.41, 5.74) is 1.99. The van der Waals surface area contributed by atoms with E-state index in [1.165, 1.54) is 0 Å². The first kappa shape index (κ1) is 19.4. The maximum Gasteiger partial charge on any atom is 0.322 e. The summed E-state index contributed by atoms with van der Waals surface area (Å²) < 4.78 is 5.49. The number of nitrogens with one attached hydrogen (secondary N) is 2. The Morgan fingerprint density at radius 2 is 1.50 bits per heavy atom. The van der Waals surface area contributed by atoms with Gasteiger partial charge in [0.25, 0.3) is 11.8 Å². The van der Waals surface area contributed by atoms with Crippen LogP contribution in [0.5, 0.6) is 0 Å². The second-order valence-electron chi connectivity index (χ2n) is 6.27. The van der Waals surface area contributed by atoms with E-state index in [9.17, 15) is 9.59 Å². The van der Waals surface area contributed by atoms with Crippen molar-refractivity contribution >= 4 is 35.1 Å². The van der Waals surface area contributed by atoms with Crippen LogP contribution in [-0.2, 0) is 0 Å². The molecule has 0 saturated heterocycles. The second kappa shape index (κ2) is 8.59. The lowest BCUT2D eigenvalue weighted by molar-refractivity contribution is 0.101. The molecule has 0 aliphatic heterocycles. The molecule has 1 aromatic heterocycles. The molecule has 4 aromatic rings. The molecule has 0 unspecified atom stereocenters. The van der Waals surface area contributed by atoms with Gasteiger partial charge in [0.2, 0.25) is 5.89 Å². The van der Waals surface area contributed by atoms with Crippen LogP contribution in [0, 0.1) is 0 Å². The van der Waals surface area contributed by atoms with E-state index in [4.69, 9.17) is 16.0 Å². The van der Waals surface area contributed by atoms with Crippen LogP contribution in [0.3, 0.4) is 0 Å². The minimum atomic E-state index is -0.444. The van der Waals surface area contributed by atoms with Crippen molar-refractivity contribution in [2.24, 2.45) is 0 Å². The van der Waals surface area contributed by atoms with Crippen molar-refractivity contribution in [1.82, 2.24) is 10.2 Å². The van der Waals surface area contributed by atoms with Gasteiger partial charge in [-0.2, -0.15) is 0 Å². The van der Waals surface area contributed by atoms with Crippen LogP contribution in [0.25, 0.3) is 11.5 Å². The third-order valence-corrected chi connectivity index (χ3v) is 4.41. The number of halogens is 1. The van der Waals surface area contributed by atoms with E-state index < -0.39 is 5.91 Å². The Labute approximate surface area is 176 Å². The summed E-state index contributed by atoms with van der Waals surface area (Å²) in [7, 11) is 0. The minimum absolute atomic E-state index is 0.0190. The predicted molar refractivity (Wildman–Crippen MR) is 114 cm³/mol. The zero-order valence-electron chi connectivity index (χ0n) is 15.5. The number of hydrogen-bond donors (Lipinski definition) is 2. The number of carbonyl (C=O) groups is 2. The van der Waals surface area contributed by atoms with Gasteiger partial charge in [-0.05, 0) is 54.6 Å². The van der Waals surface area contributed by atoms with Gasteiger partial charge in [-0.15, -0.1) is 5.10 Å². The van der Waals surface area contributed by atoms with Crippen molar-refractivity contribution in [2.75, 3.05) is 10.6 Å². The topological polar surface area (TPSA) is 97.1 Å². The molecule has 8 heteroatoms. The number of anilines is 2. The maximum atomic E-state index is 12.5. The Morgan fingerprint density at radius 3 is 2.27 bits per heavy atom. The van der Waals surface area contributed by atoms with Crippen molar-refractivity contribution in [1.29, 1.82) is 0 Å². The molecule has 30 heavy (non-hydrogen) atoms. The molecule has 7 nitrogen and oxygen atoms in total. The van der Waals surface area contributed by atoms with Crippen molar-refractivity contribution in [3.8, 4) is 11.5 Å². The standard InChI is InChI=1S/C22H15ClN4O3/c23-17-11-9-14(10-12-17)19(28)24-18-8-4-7-16(13-18)20(29)25-22-27-26-21(30-22)15-5-2-1-3-6-15/h1-13H,(H,24,28)(H,25,27,29). The Kier molecular flexibility index (Phi) is 5.54. The van der Waals surface area contributed by atoms with Crippen LogP contribution in [0.2, 0.25) is 5.02 Å². The van der Waals surface area contributed by atoms with Gasteiger partial charge < -0.3 is 9.73 Å². The number of amides is 2. The number of nitrogens with zero attached hydrogens (tertiary/aromatic N) is 2. The lowest BCUT2D eigenvalue weighted by Crippen LogP contribution is -2.14. The highest BCUT2D eigenvalue weighted by Gasteiger charge is 2.14. The molecule has 4 rings (SSSR count). The van der Waals surface area contributed by atoms with Gasteiger partial charge >= 0.3 is 6.01 Å². The van der Waals surface area contributed by atoms with Gasteiger partial charge in [-0.25, -0.2) is 0 Å². The summed E-state index contributed by atoms with van der Waals surface area (Å²) in [6.07, 6.45) is 0. The molecule has 1 heterocycles. The molecular formula is C22H15ClN4O3. The average Bonchev–Trinajstić information content (AvgIpc) is 3.23. The molecule has 0 fully saturated rings. The van der Waals surface area contributed by atoms with Crippen LogP contribution in [0.15, 0.2) is 83.3 Å². The summed E-state index contributed by atoms with van der Waals surface area (Å²) in [6.45, 7) is 0. The lowest BCUT2D eigenvalue weighted by atomic mass is 10.1. The van der Waals surface area contributed by atoms with E-state index in [1.54, 1.807) is 48.5 Å². The van der Waals surface area contributed by atoms with Crippen molar-refractivity contribution < 1.29 is 14.0 Å². The van der Waals surface area contributed by atoms with Gasteiger partial charge in [0.1, 0.15) is 0 Å². The summed E-state index contributed by atoms with van der Waals surface area (Å²) in [5.74, 6) is -0.454. The largest absolute Gasteiger partial charge is 0.403 e. The van der Waals surface area contributed by atoms with E-state index in [-0.39, 0.29) is 11.9 Å². The zero-order chi connectivity index (χ0) is 20.9. The first-order chi connectivity index (χ1) is 14.6. The fraction of sp³-hybridized carbons (Fsp3) is 0. The molecule has 0 spiro atoms. The first-order valence-electron chi connectivity index (χ1n) is 8.96. The quantitative estimate of drug-likeness (QED) is 0.480. The fourth-order valence-corrected chi connectivity index (χ4v) is 2.81. The molecule has 0 saturated carbocycles. The Bertz CT molecular complexity index is 1190. The van der Waals surface area contributed by atoms with Gasteiger partial charge in [-0.3, -0.25) is 14.9 Å². The normalized spacial score (nSPS) is 10.4. The number of rotatable bonds is 5. The van der Waals surface area contributed by atoms with Crippen LogP contribution in [0.4, 0.5) is 11.7 Å². The predicted octanol–water partition coefficient (Wildman–Crippen LogP) is 4.89. The van der Waals surface area contributed by atoms with E-state index in [0.717, 1.165) is 5.56 Å². The third-order valence-electron chi connectivity index (χ3n) is 4.16. The molecule has 3 aromatic carbocycles. The molecule has 0 radical (unpaired) electrons. The highest BCUT2D eigenvalue weighted by Crippen LogP contribution is 2.20. The van der Waals surface area contributed by atoms with Crippen LogP contribution in [-0.4, -0.2) is 22.0 Å². The summed E-state index contributed by atoms with van der Waals surface area (Å²) in [5, 5.41) is 13.6. The first-order valence-corrected chi connectivity index (χ1v) is 9.33. The molecule has 0 atom stereocenters. The van der Waals surface area contributed by atoms with Crippen LogP contribution >= 0.6 is 11.6 Å². The second-order valence-corrected chi connectivity index (χ2v) is 6.71. The number of carbonyl (C=O) groups excluding carboxylic acids is 2. The van der Waals surface area contributed by atoms with Crippen LogP contribution in [0.1, 0.15) is 20.7 Å². The highest BCUT2D eigenvalue weighted by molar-refractivity contribution is 6.30. The molecule has 2 N–H and O–H groups in total. The van der Waals surface area contributed by atoms with Gasteiger partial charge in [-0.1, -0.05) is 41.0 Å². The Hall–Kier alpha value is -3.97. The minimum Gasteiger partial charge on any atom is -0.403 e. The van der Waals surface area contributed by atoms with Gasteiger partial charge in [0.15, 0.2) is 0 Å². The number of aromatic nitrogens is 2. The van der Waals surface area contributed by atoms with Crippen molar-refractivity contribution in [3.05, 3.63) is 95.0 Å². The summed E-state index contributed by atoms with van der Waals surface area (Å²) in [4.78, 5) is 24.9. The Balaban J connectivity index is 1.44. The SMILES string of the molecule is O=C(Nc1cccc(C(=O)Nc2nnc(-c3ccccc3)o2)c1)c1ccc(Cl)cc1. The Morgan fingerprint density at radius 1 is 0.767 bits per heavy atom. The smallest absolute Gasteiger partial charge is 0.322 e. The molecule has 0 aliphatic rings. The van der Waals surface area contributed by atoms with E-state index in [1.807, 2.05) is 30.3 Å². The van der Waals surface area contributed by atoms with Gasteiger partial charge in [0.05, 0.1) is 0 Å². The molecule has 0 aliphatic carbocycles. The van der Waals surface area contributed by atoms with E-state index in [0.29, 0.717) is 27.7 Å². The molecule has 0 bridgehead atoms. The summed E-state index contributed by atoms with van der Waals surface area (Å²) >= 11 is 5.84. The number of hydrogen-bond acceptors (Lipinski definition) is 5. The monoisotopic (exact) mass is 418 g/mol. The summed E-state index contributed by atoms with van der Waals surface area (Å²) in [6, 6.07) is 22.2. The molecule has 2 amide bonds. The fourth-order valence-electron chi connectivity index (χ4n) is 2.68. The highest BCUT2D eigenvalue weighted by atomic mass is 35.5. The lowest BCUT2D eigenvalue weighted by Gasteiger charge is -2.07. The van der Waals surface area contributed by atoms with Gasteiger partial charge in [0, 0.05) is 27.4 Å². The molecular weight excluding hydrogens is 404 g/mol.